The van der Waals surface area contributed by atoms with Crippen LogP contribution in [0.2, 0.25) is 0 Å². The van der Waals surface area contributed by atoms with Crippen molar-refractivity contribution >= 4 is 28.7 Å². The molecule has 0 spiro atoms. The number of carbonyl (C=O) groups excluding carboxylic acids is 2. The van der Waals surface area contributed by atoms with Crippen LogP contribution in [0.1, 0.15) is 38.2 Å². The largest absolute Gasteiger partial charge is 0.461 e. The van der Waals surface area contributed by atoms with Crippen molar-refractivity contribution in [1.29, 1.82) is 0 Å². The first-order valence-corrected chi connectivity index (χ1v) is 9.18. The second-order valence-corrected chi connectivity index (χ2v) is 7.51. The highest BCUT2D eigenvalue weighted by Gasteiger charge is 2.28. The van der Waals surface area contributed by atoms with Gasteiger partial charge in [0, 0.05) is 32.2 Å². The molecule has 9 heteroatoms. The van der Waals surface area contributed by atoms with Crippen LogP contribution in [-0.2, 0) is 9.47 Å². The number of rotatable bonds is 3. The molecule has 3 rings (SSSR count). The van der Waals surface area contributed by atoms with Gasteiger partial charge in [-0.05, 0) is 33.8 Å². The zero-order chi connectivity index (χ0) is 20.5. The van der Waals surface area contributed by atoms with E-state index in [2.05, 4.69) is 5.16 Å². The van der Waals surface area contributed by atoms with Crippen LogP contribution in [0.15, 0.2) is 16.7 Å². The van der Waals surface area contributed by atoms with Gasteiger partial charge in [0.1, 0.15) is 11.4 Å². The van der Waals surface area contributed by atoms with Crippen LogP contribution in [0, 0.1) is 5.82 Å². The van der Waals surface area contributed by atoms with Gasteiger partial charge in [0.05, 0.1) is 17.7 Å². The standard InChI is InChI=1S/C19H24FN3O5/c1-5-26-17(24)16-12-10-14(13(20)11-15(12)28-21-16)22-6-8-23(9-7-22)18(25)27-19(2,3)4/h10-11H,5-9H2,1-4H3. The van der Waals surface area contributed by atoms with Crippen molar-refractivity contribution in [3.63, 3.8) is 0 Å². The Kier molecular flexibility index (Phi) is 5.44. The topological polar surface area (TPSA) is 85.1 Å². The monoisotopic (exact) mass is 393 g/mol. The van der Waals surface area contributed by atoms with E-state index < -0.39 is 17.4 Å². The number of piperazine rings is 1. The zero-order valence-electron chi connectivity index (χ0n) is 16.5. The van der Waals surface area contributed by atoms with Crippen molar-refractivity contribution in [3.8, 4) is 0 Å². The Morgan fingerprint density at radius 3 is 2.50 bits per heavy atom. The lowest BCUT2D eigenvalue weighted by molar-refractivity contribution is 0.0240. The number of aromatic nitrogens is 1. The van der Waals surface area contributed by atoms with Gasteiger partial charge in [-0.2, -0.15) is 0 Å². The minimum Gasteiger partial charge on any atom is -0.461 e. The van der Waals surface area contributed by atoms with Gasteiger partial charge in [0.15, 0.2) is 11.3 Å². The maximum atomic E-state index is 14.6. The van der Waals surface area contributed by atoms with Crippen LogP contribution in [0.25, 0.3) is 11.0 Å². The normalized spacial score (nSPS) is 15.0. The maximum Gasteiger partial charge on any atom is 0.410 e. The Labute approximate surface area is 162 Å². The van der Waals surface area contributed by atoms with E-state index >= 15 is 0 Å². The summed E-state index contributed by atoms with van der Waals surface area (Å²) in [6.07, 6.45) is -0.383. The fraction of sp³-hybridized carbons (Fsp3) is 0.526. The van der Waals surface area contributed by atoms with Gasteiger partial charge in [-0.15, -0.1) is 0 Å². The molecule has 1 aromatic heterocycles. The average Bonchev–Trinajstić information content (AvgIpc) is 3.02. The number of benzene rings is 1. The van der Waals surface area contributed by atoms with E-state index in [1.165, 1.54) is 12.1 Å². The minimum absolute atomic E-state index is 0.0190. The second kappa shape index (κ2) is 7.65. The summed E-state index contributed by atoms with van der Waals surface area (Å²) < 4.78 is 30.0. The molecule has 0 saturated carbocycles. The Morgan fingerprint density at radius 1 is 1.21 bits per heavy atom. The van der Waals surface area contributed by atoms with Crippen LogP contribution < -0.4 is 4.90 Å². The van der Waals surface area contributed by atoms with Crippen LogP contribution in [-0.4, -0.2) is 60.5 Å². The molecule has 0 atom stereocenters. The quantitative estimate of drug-likeness (QED) is 0.740. The number of nitrogens with zero attached hydrogens (tertiary/aromatic N) is 3. The van der Waals surface area contributed by atoms with Gasteiger partial charge < -0.3 is 23.8 Å². The van der Waals surface area contributed by atoms with Crippen molar-refractivity contribution < 1.29 is 28.0 Å². The average molecular weight is 393 g/mol. The summed E-state index contributed by atoms with van der Waals surface area (Å²) in [6.45, 7) is 9.00. The van der Waals surface area contributed by atoms with Crippen molar-refractivity contribution in [2.24, 2.45) is 0 Å². The molecular formula is C19H24FN3O5. The number of carbonyl (C=O) groups is 2. The van der Waals surface area contributed by atoms with Crippen molar-refractivity contribution in [2.75, 3.05) is 37.7 Å². The summed E-state index contributed by atoms with van der Waals surface area (Å²) in [5, 5.41) is 4.10. The Hall–Kier alpha value is -2.84. The molecule has 28 heavy (non-hydrogen) atoms. The number of hydrogen-bond donors (Lipinski definition) is 0. The van der Waals surface area contributed by atoms with Gasteiger partial charge >= 0.3 is 12.1 Å². The highest BCUT2D eigenvalue weighted by molar-refractivity contribution is 6.02. The van der Waals surface area contributed by atoms with E-state index in [-0.39, 0.29) is 24.0 Å². The fourth-order valence-corrected chi connectivity index (χ4v) is 2.99. The Bertz CT molecular complexity index is 882. The van der Waals surface area contributed by atoms with E-state index in [1.807, 2.05) is 25.7 Å². The predicted octanol–water partition coefficient (Wildman–Crippen LogP) is 3.20. The molecule has 1 amide bonds. The molecule has 1 aliphatic heterocycles. The lowest BCUT2D eigenvalue weighted by Gasteiger charge is -2.36. The van der Waals surface area contributed by atoms with Crippen LogP contribution in [0.5, 0.6) is 0 Å². The van der Waals surface area contributed by atoms with E-state index in [0.29, 0.717) is 37.3 Å². The first-order valence-electron chi connectivity index (χ1n) is 9.18. The van der Waals surface area contributed by atoms with E-state index in [0.717, 1.165) is 0 Å². The van der Waals surface area contributed by atoms with Gasteiger partial charge in [-0.1, -0.05) is 5.16 Å². The number of esters is 1. The predicted molar refractivity (Wildman–Crippen MR) is 99.9 cm³/mol. The number of anilines is 1. The van der Waals surface area contributed by atoms with Crippen molar-refractivity contribution in [3.05, 3.63) is 23.6 Å². The molecule has 1 fully saturated rings. The molecule has 0 bridgehead atoms. The third kappa shape index (κ3) is 4.18. The zero-order valence-corrected chi connectivity index (χ0v) is 16.5. The lowest BCUT2D eigenvalue weighted by Crippen LogP contribution is -2.50. The third-order valence-electron chi connectivity index (χ3n) is 4.28. The molecule has 2 heterocycles. The van der Waals surface area contributed by atoms with E-state index in [9.17, 15) is 14.0 Å². The summed E-state index contributed by atoms with van der Waals surface area (Å²) >= 11 is 0. The highest BCUT2D eigenvalue weighted by atomic mass is 19.1. The third-order valence-corrected chi connectivity index (χ3v) is 4.28. The number of halogens is 1. The SMILES string of the molecule is CCOC(=O)c1noc2cc(F)c(N3CCN(C(=O)OC(C)(C)C)CC3)cc12. The van der Waals surface area contributed by atoms with Gasteiger partial charge in [-0.25, -0.2) is 14.0 Å². The molecule has 0 radical (unpaired) electrons. The summed E-state index contributed by atoms with van der Waals surface area (Å²) in [6, 6.07) is 2.75. The lowest BCUT2D eigenvalue weighted by atomic mass is 10.1. The minimum atomic E-state index is -0.617. The molecule has 0 N–H and O–H groups in total. The molecule has 1 aromatic carbocycles. The molecule has 8 nitrogen and oxygen atoms in total. The Morgan fingerprint density at radius 2 is 1.89 bits per heavy atom. The van der Waals surface area contributed by atoms with Crippen LogP contribution >= 0.6 is 0 Å². The van der Waals surface area contributed by atoms with Gasteiger partial charge in [0.25, 0.3) is 0 Å². The van der Waals surface area contributed by atoms with Crippen LogP contribution in [0.4, 0.5) is 14.9 Å². The first-order chi connectivity index (χ1) is 13.2. The molecule has 0 aliphatic carbocycles. The number of ether oxygens (including phenoxy) is 2. The van der Waals surface area contributed by atoms with Crippen molar-refractivity contribution in [2.45, 2.75) is 33.3 Å². The highest BCUT2D eigenvalue weighted by Crippen LogP contribution is 2.29. The smallest absolute Gasteiger partial charge is 0.410 e. The molecular weight excluding hydrogens is 369 g/mol. The van der Waals surface area contributed by atoms with E-state index in [1.54, 1.807) is 11.8 Å². The fourth-order valence-electron chi connectivity index (χ4n) is 2.99. The number of amides is 1. The summed E-state index contributed by atoms with van der Waals surface area (Å²) in [5.74, 6) is -1.10. The number of hydrogen-bond acceptors (Lipinski definition) is 7. The summed E-state index contributed by atoms with van der Waals surface area (Å²) in [7, 11) is 0. The van der Waals surface area contributed by atoms with Crippen LogP contribution in [0.3, 0.4) is 0 Å². The van der Waals surface area contributed by atoms with Gasteiger partial charge in [-0.3, -0.25) is 0 Å². The molecule has 152 valence electrons. The molecule has 2 aromatic rings. The summed E-state index contributed by atoms with van der Waals surface area (Å²) in [4.78, 5) is 27.6. The maximum absolute atomic E-state index is 14.6. The molecule has 1 aliphatic rings. The first kappa shape index (κ1) is 19.9. The summed E-state index contributed by atoms with van der Waals surface area (Å²) in [5.41, 5.74) is -0.0457. The Balaban J connectivity index is 1.77. The molecule has 0 unspecified atom stereocenters. The van der Waals surface area contributed by atoms with Crippen molar-refractivity contribution in [1.82, 2.24) is 10.1 Å². The van der Waals surface area contributed by atoms with E-state index in [4.69, 9.17) is 14.0 Å². The second-order valence-electron chi connectivity index (χ2n) is 7.51. The molecule has 1 saturated heterocycles. The number of fused-ring (bicyclic) bond motifs is 1. The van der Waals surface area contributed by atoms with Gasteiger partial charge in [0.2, 0.25) is 0 Å².